The smallest absolute Gasteiger partial charge is 0.360 e. The minimum Gasteiger partial charge on any atom is -0.461 e. The standard InChI is InChI=1S/C25H22N4O4S/c1-4-33-25(32)21-18(14-20(30)29(28-21)19-13-9-8-10-15(19)2)27-23(31)22-16(3)26-24(34-22)17-11-6-5-7-12-17/h5-14H,4H2,1-3H3,(H,27,31). The summed E-state index contributed by atoms with van der Waals surface area (Å²) in [6.07, 6.45) is 0. The predicted molar refractivity (Wildman–Crippen MR) is 131 cm³/mol. The molecule has 0 spiro atoms. The Kier molecular flexibility index (Phi) is 6.65. The van der Waals surface area contributed by atoms with Gasteiger partial charge >= 0.3 is 5.97 Å². The number of thiazole rings is 1. The topological polar surface area (TPSA) is 103 Å². The maximum atomic E-state index is 13.1. The summed E-state index contributed by atoms with van der Waals surface area (Å²) in [5.74, 6) is -1.23. The van der Waals surface area contributed by atoms with E-state index in [1.165, 1.54) is 17.4 Å². The molecule has 34 heavy (non-hydrogen) atoms. The minimum atomic E-state index is -0.744. The first kappa shape index (κ1) is 23.1. The number of aryl methyl sites for hydroxylation is 2. The lowest BCUT2D eigenvalue weighted by Gasteiger charge is -2.13. The van der Waals surface area contributed by atoms with Gasteiger partial charge in [-0.25, -0.2) is 9.78 Å². The monoisotopic (exact) mass is 474 g/mol. The molecule has 8 nitrogen and oxygen atoms in total. The van der Waals surface area contributed by atoms with E-state index in [4.69, 9.17) is 4.74 Å². The third-order valence-corrected chi connectivity index (χ3v) is 6.22. The van der Waals surface area contributed by atoms with Crippen molar-refractivity contribution in [2.45, 2.75) is 20.8 Å². The molecule has 0 aliphatic rings. The van der Waals surface area contributed by atoms with Crippen LogP contribution in [-0.4, -0.2) is 33.2 Å². The van der Waals surface area contributed by atoms with Crippen LogP contribution < -0.4 is 10.9 Å². The van der Waals surface area contributed by atoms with E-state index < -0.39 is 17.4 Å². The molecule has 4 aromatic rings. The van der Waals surface area contributed by atoms with Crippen molar-refractivity contribution >= 4 is 28.9 Å². The van der Waals surface area contributed by atoms with Crippen molar-refractivity contribution in [2.24, 2.45) is 0 Å². The van der Waals surface area contributed by atoms with Crippen LogP contribution in [0, 0.1) is 13.8 Å². The molecule has 0 atom stereocenters. The Bertz CT molecular complexity index is 1430. The molecule has 0 radical (unpaired) electrons. The Morgan fingerprint density at radius 3 is 2.47 bits per heavy atom. The molecule has 9 heteroatoms. The molecule has 2 heterocycles. The molecule has 4 rings (SSSR count). The summed E-state index contributed by atoms with van der Waals surface area (Å²) in [5, 5.41) is 7.60. The van der Waals surface area contributed by atoms with Gasteiger partial charge in [0.15, 0.2) is 5.69 Å². The van der Waals surface area contributed by atoms with Crippen LogP contribution in [0.2, 0.25) is 0 Å². The Hall–Kier alpha value is -4.11. The van der Waals surface area contributed by atoms with Gasteiger partial charge in [0.05, 0.1) is 23.7 Å². The van der Waals surface area contributed by atoms with E-state index in [0.29, 0.717) is 21.3 Å². The fourth-order valence-corrected chi connectivity index (χ4v) is 4.33. The van der Waals surface area contributed by atoms with E-state index in [1.807, 2.05) is 49.4 Å². The zero-order valence-corrected chi connectivity index (χ0v) is 19.7. The number of para-hydroxylation sites is 1. The number of anilines is 1. The lowest BCUT2D eigenvalue weighted by atomic mass is 10.2. The van der Waals surface area contributed by atoms with Gasteiger partial charge in [-0.2, -0.15) is 9.78 Å². The average molecular weight is 475 g/mol. The van der Waals surface area contributed by atoms with E-state index in [1.54, 1.807) is 26.0 Å². The van der Waals surface area contributed by atoms with E-state index in [2.05, 4.69) is 15.4 Å². The first-order chi connectivity index (χ1) is 16.4. The van der Waals surface area contributed by atoms with Gasteiger partial charge in [-0.3, -0.25) is 9.59 Å². The molecule has 0 saturated heterocycles. The second kappa shape index (κ2) is 9.80. The van der Waals surface area contributed by atoms with Gasteiger partial charge in [-0.1, -0.05) is 48.5 Å². The van der Waals surface area contributed by atoms with Crippen LogP contribution in [0.3, 0.4) is 0 Å². The fraction of sp³-hybridized carbons (Fsp3) is 0.160. The molecule has 1 amide bonds. The Morgan fingerprint density at radius 1 is 1.06 bits per heavy atom. The number of amides is 1. The molecule has 2 aromatic carbocycles. The molecular formula is C25H22N4O4S. The summed E-state index contributed by atoms with van der Waals surface area (Å²) < 4.78 is 6.25. The number of nitrogens with one attached hydrogen (secondary N) is 1. The lowest BCUT2D eigenvalue weighted by molar-refractivity contribution is 0.0518. The first-order valence-electron chi connectivity index (χ1n) is 10.6. The van der Waals surface area contributed by atoms with E-state index in [9.17, 15) is 14.4 Å². The third kappa shape index (κ3) is 4.65. The van der Waals surface area contributed by atoms with Crippen molar-refractivity contribution in [2.75, 3.05) is 11.9 Å². The summed E-state index contributed by atoms with van der Waals surface area (Å²) in [6.45, 7) is 5.35. The SMILES string of the molecule is CCOC(=O)c1nn(-c2ccccc2C)c(=O)cc1NC(=O)c1sc(-c2ccccc2)nc1C. The number of rotatable bonds is 6. The average Bonchev–Trinajstić information content (AvgIpc) is 3.22. The highest BCUT2D eigenvalue weighted by Crippen LogP contribution is 2.28. The maximum Gasteiger partial charge on any atom is 0.360 e. The number of hydrogen-bond acceptors (Lipinski definition) is 7. The predicted octanol–water partition coefficient (Wildman–Crippen LogP) is 4.40. The summed E-state index contributed by atoms with van der Waals surface area (Å²) >= 11 is 1.23. The Balaban J connectivity index is 1.73. The normalized spacial score (nSPS) is 10.7. The van der Waals surface area contributed by atoms with E-state index in [-0.39, 0.29) is 18.0 Å². The number of carbonyl (C=O) groups is 2. The summed E-state index contributed by atoms with van der Waals surface area (Å²) in [4.78, 5) is 43.5. The van der Waals surface area contributed by atoms with E-state index >= 15 is 0 Å². The number of benzene rings is 2. The van der Waals surface area contributed by atoms with Crippen LogP contribution in [0.4, 0.5) is 5.69 Å². The highest BCUT2D eigenvalue weighted by atomic mass is 32.1. The van der Waals surface area contributed by atoms with Gasteiger partial charge in [0.1, 0.15) is 9.88 Å². The largest absolute Gasteiger partial charge is 0.461 e. The van der Waals surface area contributed by atoms with Crippen LogP contribution >= 0.6 is 11.3 Å². The van der Waals surface area contributed by atoms with Crippen molar-refractivity contribution in [3.8, 4) is 16.3 Å². The zero-order chi connectivity index (χ0) is 24.2. The Morgan fingerprint density at radius 2 is 1.76 bits per heavy atom. The first-order valence-corrected chi connectivity index (χ1v) is 11.4. The number of nitrogens with zero attached hydrogens (tertiary/aromatic N) is 3. The summed E-state index contributed by atoms with van der Waals surface area (Å²) in [5.41, 5.74) is 2.09. The zero-order valence-electron chi connectivity index (χ0n) is 18.9. The quantitative estimate of drug-likeness (QED) is 0.416. The van der Waals surface area contributed by atoms with Crippen molar-refractivity contribution in [3.05, 3.63) is 92.8 Å². The molecule has 0 unspecified atom stereocenters. The molecule has 172 valence electrons. The second-order valence-electron chi connectivity index (χ2n) is 7.42. The molecule has 0 aliphatic heterocycles. The van der Waals surface area contributed by atoms with Gasteiger partial charge in [0.2, 0.25) is 0 Å². The van der Waals surface area contributed by atoms with Gasteiger partial charge in [0.25, 0.3) is 11.5 Å². The van der Waals surface area contributed by atoms with Gasteiger partial charge in [-0.05, 0) is 32.4 Å². The number of esters is 1. The van der Waals surface area contributed by atoms with Crippen LogP contribution in [0.5, 0.6) is 0 Å². The number of aromatic nitrogens is 3. The highest BCUT2D eigenvalue weighted by Gasteiger charge is 2.23. The number of ether oxygens (including phenoxy) is 1. The van der Waals surface area contributed by atoms with Crippen molar-refractivity contribution in [1.29, 1.82) is 0 Å². The van der Waals surface area contributed by atoms with Gasteiger partial charge in [0, 0.05) is 11.6 Å². The van der Waals surface area contributed by atoms with Crippen molar-refractivity contribution in [1.82, 2.24) is 14.8 Å². The Labute approximate surface area is 199 Å². The van der Waals surface area contributed by atoms with Crippen LogP contribution in [0.15, 0.2) is 65.5 Å². The minimum absolute atomic E-state index is 0.0210. The van der Waals surface area contributed by atoms with E-state index in [0.717, 1.165) is 15.8 Å². The number of hydrogen-bond donors (Lipinski definition) is 1. The van der Waals surface area contributed by atoms with Crippen molar-refractivity contribution < 1.29 is 14.3 Å². The fourth-order valence-electron chi connectivity index (χ4n) is 3.37. The molecule has 1 N–H and O–H groups in total. The maximum absolute atomic E-state index is 13.1. The van der Waals surface area contributed by atoms with Crippen molar-refractivity contribution in [3.63, 3.8) is 0 Å². The van der Waals surface area contributed by atoms with Crippen LogP contribution in [0.25, 0.3) is 16.3 Å². The molecular weight excluding hydrogens is 452 g/mol. The molecule has 0 fully saturated rings. The van der Waals surface area contributed by atoms with Gasteiger partial charge < -0.3 is 10.1 Å². The molecule has 0 saturated carbocycles. The molecule has 0 bridgehead atoms. The lowest BCUT2D eigenvalue weighted by Crippen LogP contribution is -2.27. The summed E-state index contributed by atoms with van der Waals surface area (Å²) in [7, 11) is 0. The second-order valence-corrected chi connectivity index (χ2v) is 8.42. The molecule has 0 aliphatic carbocycles. The van der Waals surface area contributed by atoms with Gasteiger partial charge in [-0.15, -0.1) is 11.3 Å². The molecule has 2 aromatic heterocycles. The van der Waals surface area contributed by atoms with Crippen LogP contribution in [-0.2, 0) is 4.74 Å². The number of carbonyl (C=O) groups excluding carboxylic acids is 2. The van der Waals surface area contributed by atoms with Crippen LogP contribution in [0.1, 0.15) is 38.3 Å². The summed E-state index contributed by atoms with van der Waals surface area (Å²) in [6, 6.07) is 17.9. The third-order valence-electron chi connectivity index (χ3n) is 5.02. The highest BCUT2D eigenvalue weighted by molar-refractivity contribution is 7.17.